The van der Waals surface area contributed by atoms with Crippen LogP contribution >= 0.6 is 0 Å². The predicted molar refractivity (Wildman–Crippen MR) is 89.2 cm³/mol. The summed E-state index contributed by atoms with van der Waals surface area (Å²) in [5.41, 5.74) is -3.19. The molecule has 170 valence electrons. The van der Waals surface area contributed by atoms with Crippen LogP contribution in [0.2, 0.25) is 0 Å². The van der Waals surface area contributed by atoms with Crippen molar-refractivity contribution in [2.75, 3.05) is 13.2 Å². The van der Waals surface area contributed by atoms with Crippen LogP contribution in [0.15, 0.2) is 0 Å². The van der Waals surface area contributed by atoms with Crippen molar-refractivity contribution >= 4 is 5.78 Å². The maximum atomic E-state index is 12.9. The average Bonchev–Trinajstić information content (AvgIpc) is 2.70. The molecule has 0 spiro atoms. The van der Waals surface area contributed by atoms with Crippen LogP contribution in [0.3, 0.4) is 0 Å². The molecule has 0 saturated carbocycles. The highest BCUT2D eigenvalue weighted by molar-refractivity contribution is 5.93. The van der Waals surface area contributed by atoms with Crippen LogP contribution in [0.4, 0.5) is 0 Å². The summed E-state index contributed by atoms with van der Waals surface area (Å²) in [5, 5.41) is 99.9. The van der Waals surface area contributed by atoms with Crippen LogP contribution in [0.25, 0.3) is 0 Å². The molecule has 2 rings (SSSR count). The normalized spacial score (nSPS) is 45.3. The van der Waals surface area contributed by atoms with Gasteiger partial charge in [-0.05, 0) is 6.92 Å². The number of aliphatic hydroxyl groups is 10. The molecule has 13 heteroatoms. The van der Waals surface area contributed by atoms with Gasteiger partial charge in [-0.3, -0.25) is 4.79 Å². The standard InChI is InChI=1S/C16H28O13/c1-4-7(20)10(23)12(25)15(29-4)16(27,13(26)9(22)5(18)2-17)14-11(24)8(21)6(19)3-28-14/h4-12,14-15,17-25,27H,2-3H2,1H3/t4-,5+,6+,7-,8-,9+,10+,11+,12+,14?,15?,16?/m0/s1. The van der Waals surface area contributed by atoms with Crippen LogP contribution in [-0.2, 0) is 14.3 Å². The number of hydrogen-bond acceptors (Lipinski definition) is 13. The summed E-state index contributed by atoms with van der Waals surface area (Å²) < 4.78 is 10.4. The van der Waals surface area contributed by atoms with E-state index in [9.17, 15) is 50.8 Å². The highest BCUT2D eigenvalue weighted by atomic mass is 16.6. The van der Waals surface area contributed by atoms with E-state index in [2.05, 4.69) is 0 Å². The number of ether oxygens (including phenoxy) is 2. The highest BCUT2D eigenvalue weighted by Crippen LogP contribution is 2.36. The van der Waals surface area contributed by atoms with Crippen molar-refractivity contribution in [1.82, 2.24) is 0 Å². The zero-order valence-corrected chi connectivity index (χ0v) is 15.5. The summed E-state index contributed by atoms with van der Waals surface area (Å²) in [4.78, 5) is 12.9. The van der Waals surface area contributed by atoms with Crippen LogP contribution in [0.1, 0.15) is 6.92 Å². The molecule has 0 aromatic heterocycles. The lowest BCUT2D eigenvalue weighted by Gasteiger charge is -2.51. The van der Waals surface area contributed by atoms with E-state index >= 15 is 0 Å². The Morgan fingerprint density at radius 3 is 2.07 bits per heavy atom. The van der Waals surface area contributed by atoms with Gasteiger partial charge >= 0.3 is 0 Å². The van der Waals surface area contributed by atoms with Gasteiger partial charge in [0.1, 0.15) is 61.0 Å². The molecule has 2 saturated heterocycles. The van der Waals surface area contributed by atoms with E-state index < -0.39 is 91.7 Å². The largest absolute Gasteiger partial charge is 0.394 e. The van der Waals surface area contributed by atoms with E-state index in [0.717, 1.165) is 0 Å². The van der Waals surface area contributed by atoms with Gasteiger partial charge in [0.05, 0.1) is 19.3 Å². The molecule has 0 aliphatic carbocycles. The third kappa shape index (κ3) is 4.19. The second kappa shape index (κ2) is 9.13. The van der Waals surface area contributed by atoms with Gasteiger partial charge in [0.25, 0.3) is 0 Å². The van der Waals surface area contributed by atoms with Crippen molar-refractivity contribution in [3.8, 4) is 0 Å². The maximum absolute atomic E-state index is 12.9. The molecule has 12 atom stereocenters. The number of carbonyl (C=O) groups is 1. The minimum absolute atomic E-state index is 0.666. The number of ketones is 1. The summed E-state index contributed by atoms with van der Waals surface area (Å²) in [6, 6.07) is 0. The molecule has 2 heterocycles. The number of aliphatic hydroxyl groups excluding tert-OH is 9. The van der Waals surface area contributed by atoms with Crippen molar-refractivity contribution in [1.29, 1.82) is 0 Å². The van der Waals surface area contributed by atoms with Gasteiger partial charge in [-0.1, -0.05) is 0 Å². The Kier molecular flexibility index (Phi) is 7.70. The first-order valence-electron chi connectivity index (χ1n) is 8.98. The van der Waals surface area contributed by atoms with Gasteiger partial charge in [0.15, 0.2) is 5.60 Å². The quantitative estimate of drug-likeness (QED) is 0.189. The second-order valence-electron chi connectivity index (χ2n) is 7.42. The number of hydrogen-bond donors (Lipinski definition) is 10. The summed E-state index contributed by atoms with van der Waals surface area (Å²) in [7, 11) is 0. The fourth-order valence-electron chi connectivity index (χ4n) is 3.56. The van der Waals surface area contributed by atoms with Crippen molar-refractivity contribution in [3.05, 3.63) is 0 Å². The maximum Gasteiger partial charge on any atom is 0.201 e. The zero-order chi connectivity index (χ0) is 22.3. The smallest absolute Gasteiger partial charge is 0.201 e. The average molecular weight is 428 g/mol. The highest BCUT2D eigenvalue weighted by Gasteiger charge is 2.64. The van der Waals surface area contributed by atoms with E-state index in [1.807, 2.05) is 0 Å². The van der Waals surface area contributed by atoms with Gasteiger partial charge < -0.3 is 60.5 Å². The summed E-state index contributed by atoms with van der Waals surface area (Å²) >= 11 is 0. The van der Waals surface area contributed by atoms with Gasteiger partial charge in [0, 0.05) is 0 Å². The third-order valence-corrected chi connectivity index (χ3v) is 5.44. The SMILES string of the molecule is C[C@@H]1OC(C(O)(C(=O)[C@H](O)[C@H](O)CO)C2OC[C@@H](O)[C@H](O)[C@H]2O)[C@H](O)[C@H](O)[C@H]1O. The Balaban J connectivity index is 2.52. The van der Waals surface area contributed by atoms with Crippen LogP contribution in [-0.4, -0.2) is 143 Å². The lowest BCUT2D eigenvalue weighted by Crippen LogP contribution is -2.75. The lowest BCUT2D eigenvalue weighted by molar-refractivity contribution is -0.300. The molecule has 10 N–H and O–H groups in total. The van der Waals surface area contributed by atoms with Gasteiger partial charge in [-0.2, -0.15) is 0 Å². The Hall–Kier alpha value is -0.810. The minimum atomic E-state index is -3.19. The first-order valence-corrected chi connectivity index (χ1v) is 8.98. The van der Waals surface area contributed by atoms with Crippen molar-refractivity contribution < 1.29 is 65.3 Å². The minimum Gasteiger partial charge on any atom is -0.394 e. The molecule has 2 fully saturated rings. The van der Waals surface area contributed by atoms with Crippen LogP contribution < -0.4 is 0 Å². The molecule has 0 bridgehead atoms. The Bertz CT molecular complexity index is 575. The van der Waals surface area contributed by atoms with E-state index in [1.165, 1.54) is 6.92 Å². The molecule has 2 aliphatic rings. The molecule has 2 aliphatic heterocycles. The fraction of sp³-hybridized carbons (Fsp3) is 0.938. The molecule has 13 nitrogen and oxygen atoms in total. The molecule has 29 heavy (non-hydrogen) atoms. The van der Waals surface area contributed by atoms with Crippen molar-refractivity contribution in [3.63, 3.8) is 0 Å². The molecule has 0 radical (unpaired) electrons. The molecule has 0 aromatic carbocycles. The number of carbonyl (C=O) groups excluding carboxylic acids is 1. The lowest BCUT2D eigenvalue weighted by atomic mass is 9.73. The van der Waals surface area contributed by atoms with Crippen molar-refractivity contribution in [2.45, 2.75) is 79.7 Å². The third-order valence-electron chi connectivity index (χ3n) is 5.44. The van der Waals surface area contributed by atoms with Gasteiger partial charge in [0.2, 0.25) is 5.78 Å². The molecule has 3 unspecified atom stereocenters. The van der Waals surface area contributed by atoms with E-state index in [-0.39, 0.29) is 0 Å². The topological polar surface area (TPSA) is 238 Å². The fourth-order valence-corrected chi connectivity index (χ4v) is 3.56. The molecular weight excluding hydrogens is 400 g/mol. The zero-order valence-electron chi connectivity index (χ0n) is 15.5. The predicted octanol–water partition coefficient (Wildman–Crippen LogP) is -6.65. The number of Topliss-reactive ketones (excluding diaryl/α,β-unsaturated/α-hetero) is 1. The van der Waals surface area contributed by atoms with Gasteiger partial charge in [-0.15, -0.1) is 0 Å². The molecular formula is C16H28O13. The molecule has 0 amide bonds. The first-order chi connectivity index (χ1) is 13.4. The van der Waals surface area contributed by atoms with E-state index in [0.29, 0.717) is 0 Å². The summed E-state index contributed by atoms with van der Waals surface area (Å²) in [5.74, 6) is -1.66. The first kappa shape index (κ1) is 24.5. The Morgan fingerprint density at radius 2 is 1.52 bits per heavy atom. The Morgan fingerprint density at radius 1 is 0.966 bits per heavy atom. The van der Waals surface area contributed by atoms with E-state index in [4.69, 9.17) is 14.6 Å². The summed E-state index contributed by atoms with van der Waals surface area (Å²) in [6.07, 6.45) is -21.2. The van der Waals surface area contributed by atoms with Gasteiger partial charge in [-0.25, -0.2) is 0 Å². The van der Waals surface area contributed by atoms with E-state index in [1.54, 1.807) is 0 Å². The molecule has 0 aromatic rings. The monoisotopic (exact) mass is 428 g/mol. The number of rotatable bonds is 6. The van der Waals surface area contributed by atoms with Crippen LogP contribution in [0.5, 0.6) is 0 Å². The second-order valence-corrected chi connectivity index (χ2v) is 7.42. The summed E-state index contributed by atoms with van der Waals surface area (Å²) in [6.45, 7) is -0.516. The van der Waals surface area contributed by atoms with Crippen LogP contribution in [0, 0.1) is 0 Å². The Labute approximate surface area is 165 Å². The van der Waals surface area contributed by atoms with Crippen molar-refractivity contribution in [2.24, 2.45) is 0 Å².